The molecule has 1 aliphatic heterocycles. The van der Waals surface area contributed by atoms with Gasteiger partial charge in [0.25, 0.3) is 5.97 Å². The van der Waals surface area contributed by atoms with E-state index in [4.69, 9.17) is 18.9 Å². The van der Waals surface area contributed by atoms with Gasteiger partial charge < -0.3 is 18.9 Å². The summed E-state index contributed by atoms with van der Waals surface area (Å²) in [5.41, 5.74) is 0. The summed E-state index contributed by atoms with van der Waals surface area (Å²) in [7, 11) is 5.04. The van der Waals surface area contributed by atoms with E-state index in [1.54, 1.807) is 21.3 Å². The van der Waals surface area contributed by atoms with Gasteiger partial charge in [-0.3, -0.25) is 0 Å². The van der Waals surface area contributed by atoms with Crippen LogP contribution in [-0.4, -0.2) is 40.0 Å². The van der Waals surface area contributed by atoms with Crippen LogP contribution >= 0.6 is 0 Å². The van der Waals surface area contributed by atoms with E-state index < -0.39 is 5.97 Å². The van der Waals surface area contributed by atoms with Gasteiger partial charge in [0.1, 0.15) is 0 Å². The van der Waals surface area contributed by atoms with Crippen LogP contribution in [0.15, 0.2) is 0 Å². The van der Waals surface area contributed by atoms with Gasteiger partial charge in [-0.2, -0.15) is 0 Å². The average molecular weight is 331 g/mol. The molecule has 4 heteroatoms. The van der Waals surface area contributed by atoms with Crippen molar-refractivity contribution >= 4 is 0 Å². The second-order valence-corrected chi connectivity index (χ2v) is 6.71. The standard InChI is InChI=1S/C19H38O4/c1-5-6-7-8-9-10-13-17(19(20-2,21-3)22-4)14-11-12-15-18-16-23-18/h17-18H,5-16H2,1-4H3/t17-,18?/m1/s1. The summed E-state index contributed by atoms with van der Waals surface area (Å²) in [6, 6.07) is 0. The minimum atomic E-state index is -0.889. The Morgan fingerprint density at radius 2 is 1.39 bits per heavy atom. The summed E-state index contributed by atoms with van der Waals surface area (Å²) in [6.45, 7) is 3.21. The number of rotatable bonds is 16. The van der Waals surface area contributed by atoms with Crippen molar-refractivity contribution in [2.24, 2.45) is 5.92 Å². The SMILES string of the molecule is CCCCCCCC[C@H](CCCCC1CO1)C(OC)(OC)OC. The summed E-state index contributed by atoms with van der Waals surface area (Å²) < 4.78 is 22.1. The van der Waals surface area contributed by atoms with Crippen LogP contribution in [0, 0.1) is 5.92 Å². The molecule has 1 unspecified atom stereocenters. The molecule has 0 N–H and O–H groups in total. The van der Waals surface area contributed by atoms with Crippen LogP contribution in [0.2, 0.25) is 0 Å². The quantitative estimate of drug-likeness (QED) is 0.229. The second-order valence-electron chi connectivity index (χ2n) is 6.71. The van der Waals surface area contributed by atoms with Crippen LogP contribution < -0.4 is 0 Å². The van der Waals surface area contributed by atoms with Crippen LogP contribution in [0.3, 0.4) is 0 Å². The maximum atomic E-state index is 5.62. The van der Waals surface area contributed by atoms with Gasteiger partial charge in [0.2, 0.25) is 0 Å². The molecule has 1 fully saturated rings. The fourth-order valence-corrected chi connectivity index (χ4v) is 3.42. The first-order chi connectivity index (χ1) is 11.2. The van der Waals surface area contributed by atoms with E-state index in [1.165, 1.54) is 57.8 Å². The Balaban J connectivity index is 2.35. The van der Waals surface area contributed by atoms with Crippen LogP contribution in [0.4, 0.5) is 0 Å². The zero-order chi connectivity index (χ0) is 17.0. The highest BCUT2D eigenvalue weighted by Crippen LogP contribution is 2.33. The zero-order valence-corrected chi connectivity index (χ0v) is 15.8. The Morgan fingerprint density at radius 3 is 1.91 bits per heavy atom. The molecule has 1 rings (SSSR count). The Hall–Kier alpha value is -0.160. The Kier molecular flexibility index (Phi) is 11.1. The molecular formula is C19H38O4. The van der Waals surface area contributed by atoms with Gasteiger partial charge in [-0.1, -0.05) is 58.3 Å². The zero-order valence-electron chi connectivity index (χ0n) is 15.8. The molecule has 0 aromatic rings. The normalized spacial score (nSPS) is 19.0. The fraction of sp³-hybridized carbons (Fsp3) is 1.00. The van der Waals surface area contributed by atoms with Crippen molar-refractivity contribution in [3.63, 3.8) is 0 Å². The van der Waals surface area contributed by atoms with E-state index in [0.717, 1.165) is 19.4 Å². The largest absolute Gasteiger partial charge is 0.373 e. The van der Waals surface area contributed by atoms with Gasteiger partial charge in [-0.15, -0.1) is 0 Å². The third-order valence-corrected chi connectivity index (χ3v) is 4.99. The molecule has 1 heterocycles. The van der Waals surface area contributed by atoms with E-state index in [-0.39, 0.29) is 5.92 Å². The first-order valence-corrected chi connectivity index (χ1v) is 9.49. The van der Waals surface area contributed by atoms with Crippen molar-refractivity contribution in [3.05, 3.63) is 0 Å². The Labute approximate surface area is 143 Å². The molecule has 0 amide bonds. The number of ether oxygens (including phenoxy) is 4. The third kappa shape index (κ3) is 7.97. The number of epoxide rings is 1. The molecule has 0 spiro atoms. The van der Waals surface area contributed by atoms with Crippen molar-refractivity contribution in [1.82, 2.24) is 0 Å². The average Bonchev–Trinajstić information content (AvgIpc) is 3.40. The lowest BCUT2D eigenvalue weighted by atomic mass is 9.92. The molecule has 1 saturated heterocycles. The molecule has 4 nitrogen and oxygen atoms in total. The lowest BCUT2D eigenvalue weighted by Gasteiger charge is -2.36. The summed E-state index contributed by atoms with van der Waals surface area (Å²) in [6.07, 6.45) is 14.1. The number of unbranched alkanes of at least 4 members (excludes halogenated alkanes) is 6. The minimum absolute atomic E-state index is 0.286. The van der Waals surface area contributed by atoms with Crippen molar-refractivity contribution in [3.8, 4) is 0 Å². The predicted octanol–water partition coefficient (Wildman–Crippen LogP) is 4.91. The highest BCUT2D eigenvalue weighted by Gasteiger charge is 2.39. The van der Waals surface area contributed by atoms with Crippen molar-refractivity contribution in [2.75, 3.05) is 27.9 Å². The highest BCUT2D eigenvalue weighted by atomic mass is 16.9. The number of methoxy groups -OCH3 is 3. The number of hydrogen-bond donors (Lipinski definition) is 0. The van der Waals surface area contributed by atoms with Crippen LogP contribution in [-0.2, 0) is 18.9 Å². The number of hydrogen-bond acceptors (Lipinski definition) is 4. The van der Waals surface area contributed by atoms with Gasteiger partial charge >= 0.3 is 0 Å². The van der Waals surface area contributed by atoms with Crippen LogP contribution in [0.1, 0.15) is 77.6 Å². The summed E-state index contributed by atoms with van der Waals surface area (Å²) in [5.74, 6) is -0.603. The van der Waals surface area contributed by atoms with E-state index >= 15 is 0 Å². The van der Waals surface area contributed by atoms with Gasteiger partial charge in [0, 0.05) is 27.2 Å². The maximum Gasteiger partial charge on any atom is 0.285 e. The van der Waals surface area contributed by atoms with E-state index in [1.807, 2.05) is 0 Å². The van der Waals surface area contributed by atoms with Gasteiger partial charge in [-0.05, 0) is 19.3 Å². The third-order valence-electron chi connectivity index (χ3n) is 4.99. The Bertz CT molecular complexity index is 266. The van der Waals surface area contributed by atoms with Crippen molar-refractivity contribution in [1.29, 1.82) is 0 Å². The molecule has 0 aromatic heterocycles. The molecule has 0 radical (unpaired) electrons. The van der Waals surface area contributed by atoms with E-state index in [2.05, 4.69) is 6.92 Å². The molecule has 0 aliphatic carbocycles. The molecule has 2 atom stereocenters. The Morgan fingerprint density at radius 1 is 0.870 bits per heavy atom. The lowest BCUT2D eigenvalue weighted by Crippen LogP contribution is -2.44. The van der Waals surface area contributed by atoms with Gasteiger partial charge in [0.15, 0.2) is 0 Å². The topological polar surface area (TPSA) is 40.2 Å². The predicted molar refractivity (Wildman–Crippen MR) is 93.4 cm³/mol. The first-order valence-electron chi connectivity index (χ1n) is 9.49. The summed E-state index contributed by atoms with van der Waals surface area (Å²) in [4.78, 5) is 0. The molecule has 1 aliphatic rings. The lowest BCUT2D eigenvalue weighted by molar-refractivity contribution is -0.380. The van der Waals surface area contributed by atoms with E-state index in [0.29, 0.717) is 6.10 Å². The summed E-state index contributed by atoms with van der Waals surface area (Å²) in [5, 5.41) is 0. The summed E-state index contributed by atoms with van der Waals surface area (Å²) >= 11 is 0. The van der Waals surface area contributed by atoms with Gasteiger partial charge in [0.05, 0.1) is 12.7 Å². The molecule has 23 heavy (non-hydrogen) atoms. The smallest absolute Gasteiger partial charge is 0.285 e. The fourth-order valence-electron chi connectivity index (χ4n) is 3.42. The molecular weight excluding hydrogens is 292 g/mol. The highest BCUT2D eigenvalue weighted by molar-refractivity contribution is 4.73. The van der Waals surface area contributed by atoms with Gasteiger partial charge in [-0.25, -0.2) is 0 Å². The second kappa shape index (κ2) is 12.2. The van der Waals surface area contributed by atoms with Crippen LogP contribution in [0.25, 0.3) is 0 Å². The minimum Gasteiger partial charge on any atom is -0.373 e. The van der Waals surface area contributed by atoms with Crippen LogP contribution in [0.5, 0.6) is 0 Å². The first kappa shape index (κ1) is 20.9. The molecule has 0 aromatic carbocycles. The molecule has 138 valence electrons. The molecule has 0 saturated carbocycles. The van der Waals surface area contributed by atoms with E-state index in [9.17, 15) is 0 Å². The van der Waals surface area contributed by atoms with Crippen molar-refractivity contribution < 1.29 is 18.9 Å². The van der Waals surface area contributed by atoms with Crippen molar-refractivity contribution in [2.45, 2.75) is 89.6 Å². The monoisotopic (exact) mass is 330 g/mol. The maximum absolute atomic E-state index is 5.62. The molecule has 0 bridgehead atoms.